The van der Waals surface area contributed by atoms with E-state index in [1.54, 1.807) is 24.3 Å². The van der Waals surface area contributed by atoms with Crippen LogP contribution in [0.4, 0.5) is 0 Å². The largest absolute Gasteiger partial charge is 0.466 e. The van der Waals surface area contributed by atoms with Crippen molar-refractivity contribution in [1.82, 2.24) is 0 Å². The van der Waals surface area contributed by atoms with Crippen molar-refractivity contribution in [3.05, 3.63) is 35.9 Å². The molecule has 0 radical (unpaired) electrons. The summed E-state index contributed by atoms with van der Waals surface area (Å²) in [7, 11) is 0. The number of rotatable bonds is 4. The predicted molar refractivity (Wildman–Crippen MR) is 51.4 cm³/mol. The van der Waals surface area contributed by atoms with Crippen molar-refractivity contribution < 1.29 is 12.3 Å². The van der Waals surface area contributed by atoms with Crippen LogP contribution in [-0.4, -0.2) is 12.6 Å². The maximum Gasteiger partial charge on any atom is 0.302 e. The Kier molecular flexibility index (Phi) is 2.94. The molecule has 2 heteroatoms. The standard InChI is InChI=1S/C11H14O2/c1-10(12)13-9-5-8-11-6-3-2-4-7-11/h2-4,6-7H,5,8-9H2,1H3/i8D2. The summed E-state index contributed by atoms with van der Waals surface area (Å²) < 4.78 is 20.3. The molecular weight excluding hydrogens is 164 g/mol. The van der Waals surface area contributed by atoms with Gasteiger partial charge in [0.2, 0.25) is 0 Å². The number of ether oxygens (including phenoxy) is 1. The monoisotopic (exact) mass is 180 g/mol. The number of benzene rings is 1. The van der Waals surface area contributed by atoms with Crippen molar-refractivity contribution in [2.75, 3.05) is 6.61 Å². The van der Waals surface area contributed by atoms with Gasteiger partial charge >= 0.3 is 5.97 Å². The molecule has 0 heterocycles. The van der Waals surface area contributed by atoms with Gasteiger partial charge in [-0.2, -0.15) is 0 Å². The lowest BCUT2D eigenvalue weighted by molar-refractivity contribution is -0.141. The van der Waals surface area contributed by atoms with Crippen LogP contribution in [0.15, 0.2) is 30.3 Å². The van der Waals surface area contributed by atoms with Crippen molar-refractivity contribution in [2.45, 2.75) is 19.7 Å². The van der Waals surface area contributed by atoms with Gasteiger partial charge in [0.1, 0.15) is 0 Å². The van der Waals surface area contributed by atoms with Gasteiger partial charge < -0.3 is 4.74 Å². The van der Waals surface area contributed by atoms with E-state index in [1.165, 1.54) is 6.92 Å². The van der Waals surface area contributed by atoms with Crippen molar-refractivity contribution in [3.8, 4) is 0 Å². The van der Waals surface area contributed by atoms with E-state index in [-0.39, 0.29) is 19.0 Å². The summed E-state index contributed by atoms with van der Waals surface area (Å²) in [6.07, 6.45) is -1.27. The number of aryl methyl sites for hydroxylation is 1. The summed E-state index contributed by atoms with van der Waals surface area (Å²) in [5, 5.41) is 0. The van der Waals surface area contributed by atoms with E-state index >= 15 is 0 Å². The topological polar surface area (TPSA) is 26.3 Å². The molecule has 0 saturated heterocycles. The number of carbonyl (C=O) groups is 1. The highest BCUT2D eigenvalue weighted by Gasteiger charge is 1.94. The van der Waals surface area contributed by atoms with Crippen LogP contribution < -0.4 is 0 Å². The van der Waals surface area contributed by atoms with Crippen LogP contribution in [0.25, 0.3) is 0 Å². The first-order valence-electron chi connectivity index (χ1n) is 5.21. The molecule has 0 bridgehead atoms. The van der Waals surface area contributed by atoms with E-state index < -0.39 is 6.37 Å². The highest BCUT2D eigenvalue weighted by Crippen LogP contribution is 2.02. The van der Waals surface area contributed by atoms with E-state index in [2.05, 4.69) is 0 Å². The summed E-state index contributed by atoms with van der Waals surface area (Å²) in [6, 6.07) is 8.88. The lowest BCUT2D eigenvalue weighted by Gasteiger charge is -2.01. The summed E-state index contributed by atoms with van der Waals surface area (Å²) in [4.78, 5) is 10.5. The molecule has 0 amide bonds. The third-order valence-electron chi connectivity index (χ3n) is 1.51. The normalized spacial score (nSPS) is 13.0. The molecule has 1 rings (SSSR count). The molecule has 2 nitrogen and oxygen atoms in total. The van der Waals surface area contributed by atoms with Gasteiger partial charge in [-0.15, -0.1) is 0 Å². The first-order chi connectivity index (χ1) is 7.02. The quantitative estimate of drug-likeness (QED) is 0.664. The van der Waals surface area contributed by atoms with Crippen LogP contribution in [0.2, 0.25) is 0 Å². The molecular formula is C11H14O2. The van der Waals surface area contributed by atoms with Crippen LogP contribution in [0, 0.1) is 0 Å². The van der Waals surface area contributed by atoms with Crippen molar-refractivity contribution in [1.29, 1.82) is 0 Å². The first kappa shape index (κ1) is 7.13. The average molecular weight is 180 g/mol. The third-order valence-corrected chi connectivity index (χ3v) is 1.51. The van der Waals surface area contributed by atoms with Gasteiger partial charge in [-0.1, -0.05) is 30.3 Å². The molecule has 0 fully saturated rings. The Morgan fingerprint density at radius 2 is 2.15 bits per heavy atom. The van der Waals surface area contributed by atoms with Gasteiger partial charge in [0, 0.05) is 9.67 Å². The maximum absolute atomic E-state index is 10.5. The summed E-state index contributed by atoms with van der Waals surface area (Å²) in [6.45, 7) is 1.43. The van der Waals surface area contributed by atoms with Gasteiger partial charge in [-0.05, 0) is 18.4 Å². The lowest BCUT2D eigenvalue weighted by Crippen LogP contribution is -2.01. The Morgan fingerprint density at radius 1 is 1.46 bits per heavy atom. The molecule has 0 N–H and O–H groups in total. The number of hydrogen-bond acceptors (Lipinski definition) is 2. The van der Waals surface area contributed by atoms with E-state index in [4.69, 9.17) is 7.48 Å². The lowest BCUT2D eigenvalue weighted by atomic mass is 10.1. The Morgan fingerprint density at radius 3 is 2.77 bits per heavy atom. The van der Waals surface area contributed by atoms with E-state index in [1.807, 2.05) is 6.07 Å². The van der Waals surface area contributed by atoms with E-state index in [0.717, 1.165) is 0 Å². The van der Waals surface area contributed by atoms with Crippen LogP contribution in [-0.2, 0) is 15.9 Å². The number of carbonyl (C=O) groups excluding carboxylic acids is 1. The fourth-order valence-electron chi connectivity index (χ4n) is 0.946. The predicted octanol–water partition coefficient (Wildman–Crippen LogP) is 2.18. The SMILES string of the molecule is [2H]C([2H])(CCOC(C)=O)c1ccccc1. The number of hydrogen-bond donors (Lipinski definition) is 0. The first-order valence-corrected chi connectivity index (χ1v) is 4.21. The maximum atomic E-state index is 10.5. The fraction of sp³-hybridized carbons (Fsp3) is 0.364. The second-order valence-electron chi connectivity index (χ2n) is 2.63. The zero-order valence-corrected chi connectivity index (χ0v) is 7.62. The highest BCUT2D eigenvalue weighted by molar-refractivity contribution is 5.65. The second-order valence-corrected chi connectivity index (χ2v) is 2.63. The molecule has 70 valence electrons. The second kappa shape index (κ2) is 5.36. The Balaban J connectivity index is 2.56. The number of esters is 1. The smallest absolute Gasteiger partial charge is 0.302 e. The Hall–Kier alpha value is -1.31. The van der Waals surface area contributed by atoms with Crippen LogP contribution in [0.3, 0.4) is 0 Å². The van der Waals surface area contributed by atoms with Gasteiger partial charge in [-0.3, -0.25) is 4.79 Å². The molecule has 0 aliphatic heterocycles. The van der Waals surface area contributed by atoms with Gasteiger partial charge in [0.25, 0.3) is 0 Å². The van der Waals surface area contributed by atoms with Gasteiger partial charge in [-0.25, -0.2) is 0 Å². The molecule has 0 aliphatic carbocycles. The molecule has 0 spiro atoms. The molecule has 0 saturated carbocycles. The summed E-state index contributed by atoms with van der Waals surface area (Å²) in [5.74, 6) is -0.376. The third kappa shape index (κ3) is 4.31. The summed E-state index contributed by atoms with van der Waals surface area (Å²) in [5.41, 5.74) is 0.608. The van der Waals surface area contributed by atoms with Gasteiger partial charge in [0.05, 0.1) is 6.61 Å². The van der Waals surface area contributed by atoms with E-state index in [0.29, 0.717) is 5.56 Å². The van der Waals surface area contributed by atoms with Crippen LogP contribution >= 0.6 is 0 Å². The molecule has 1 aromatic rings. The zero-order valence-electron chi connectivity index (χ0n) is 9.62. The minimum atomic E-state index is -1.45. The van der Waals surface area contributed by atoms with Crippen LogP contribution in [0.5, 0.6) is 0 Å². The van der Waals surface area contributed by atoms with Crippen molar-refractivity contribution in [2.24, 2.45) is 0 Å². The fourth-order valence-corrected chi connectivity index (χ4v) is 0.946. The molecule has 0 atom stereocenters. The van der Waals surface area contributed by atoms with Crippen molar-refractivity contribution in [3.63, 3.8) is 0 Å². The Bertz CT molecular complexity index is 323. The minimum Gasteiger partial charge on any atom is -0.466 e. The highest BCUT2D eigenvalue weighted by atomic mass is 16.5. The molecule has 0 aromatic heterocycles. The minimum absolute atomic E-state index is 0.108. The molecule has 0 unspecified atom stereocenters. The molecule has 13 heavy (non-hydrogen) atoms. The van der Waals surface area contributed by atoms with E-state index in [9.17, 15) is 4.79 Å². The van der Waals surface area contributed by atoms with Gasteiger partial charge in [0.15, 0.2) is 0 Å². The average Bonchev–Trinajstić information content (AvgIpc) is 2.18. The van der Waals surface area contributed by atoms with Crippen molar-refractivity contribution >= 4 is 5.97 Å². The zero-order chi connectivity index (χ0) is 11.3. The molecule has 0 aliphatic rings. The van der Waals surface area contributed by atoms with Crippen LogP contribution in [0.1, 0.15) is 21.6 Å². The molecule has 1 aromatic carbocycles. The summed E-state index contributed by atoms with van der Waals surface area (Å²) >= 11 is 0. The Labute approximate surface area is 81.3 Å².